The van der Waals surface area contributed by atoms with Crippen LogP contribution in [0.25, 0.3) is 65.8 Å². The molecule has 554 valence electrons. The molecule has 2 radical (unpaired) electrons. The Labute approximate surface area is 674 Å². The summed E-state index contributed by atoms with van der Waals surface area (Å²) in [6, 6.07) is 50.4. The topological polar surface area (TPSA) is 119 Å². The molecule has 0 bridgehead atoms. The van der Waals surface area contributed by atoms with Crippen LogP contribution < -0.4 is 0 Å². The maximum absolute atomic E-state index is 7.23. The summed E-state index contributed by atoms with van der Waals surface area (Å²) in [5.41, 5.74) is 12.7. The Bertz CT molecular complexity index is 4700. The van der Waals surface area contributed by atoms with E-state index in [4.69, 9.17) is 13.1 Å². The number of pyridine rings is 6. The van der Waals surface area contributed by atoms with E-state index in [2.05, 4.69) is 188 Å². The van der Waals surface area contributed by atoms with Gasteiger partial charge in [0.1, 0.15) is 5.82 Å². The van der Waals surface area contributed by atoms with Gasteiger partial charge >= 0.3 is 5.82 Å². The number of hydrogen-bond donors (Lipinski definition) is 0. The van der Waals surface area contributed by atoms with Crippen molar-refractivity contribution in [1.29, 1.82) is 0 Å². The van der Waals surface area contributed by atoms with Crippen LogP contribution in [0.1, 0.15) is 206 Å². The molecule has 0 amide bonds. The zero-order chi connectivity index (χ0) is 66.8. The minimum Gasteiger partial charge on any atom is -0.429 e. The van der Waals surface area contributed by atoms with Crippen molar-refractivity contribution in [2.75, 3.05) is 0 Å². The molecular formula is C87H99IrN13Pt2Rh-4. The third kappa shape index (κ3) is 19.7. The maximum Gasteiger partial charge on any atom is 0.353 e. The molecule has 16 rings (SSSR count). The smallest absolute Gasteiger partial charge is 0.353 e. The second kappa shape index (κ2) is 38.9. The van der Waals surface area contributed by atoms with Gasteiger partial charge in [-0.25, -0.2) is 0 Å². The van der Waals surface area contributed by atoms with Gasteiger partial charge in [-0.15, -0.1) is 29.7 Å². The first-order valence-corrected chi connectivity index (χ1v) is 35.1. The third-order valence-corrected chi connectivity index (χ3v) is 22.0. The summed E-state index contributed by atoms with van der Waals surface area (Å²) in [5.74, 6) is 4.79. The van der Waals surface area contributed by atoms with E-state index in [0.717, 1.165) is 64.6 Å². The minimum absolute atomic E-state index is 0. The van der Waals surface area contributed by atoms with E-state index >= 15 is 0 Å². The molecule has 1 atom stereocenters. The normalized spacial score (nSPS) is 17.4. The molecule has 4 aliphatic carbocycles. The van der Waals surface area contributed by atoms with E-state index < -0.39 is 0 Å². The van der Waals surface area contributed by atoms with Gasteiger partial charge in [-0.3, -0.25) is 24.5 Å². The van der Waals surface area contributed by atoms with Crippen LogP contribution in [0.5, 0.6) is 0 Å². The van der Waals surface area contributed by atoms with Gasteiger partial charge < -0.3 is 33.4 Å². The average Bonchev–Trinajstić information content (AvgIpc) is 1.60. The van der Waals surface area contributed by atoms with E-state index in [1.807, 2.05) is 107 Å². The number of aromatic nitrogens is 11. The Balaban J connectivity index is 0.000000214. The quantitative estimate of drug-likeness (QED) is 0.0786. The van der Waals surface area contributed by atoms with Crippen molar-refractivity contribution >= 4 is 44.5 Å². The third-order valence-electron chi connectivity index (χ3n) is 22.0. The van der Waals surface area contributed by atoms with Gasteiger partial charge in [0.15, 0.2) is 0 Å². The molecule has 17 heteroatoms. The first-order chi connectivity index (χ1) is 47.3. The Morgan fingerprint density at radius 1 is 0.519 bits per heavy atom. The fourth-order valence-corrected chi connectivity index (χ4v) is 16.2. The average molecular weight is 2010 g/mol. The van der Waals surface area contributed by atoms with Crippen molar-refractivity contribution in [2.24, 2.45) is 21.7 Å². The van der Waals surface area contributed by atoms with E-state index in [0.29, 0.717) is 33.4 Å². The Morgan fingerprint density at radius 2 is 1.06 bits per heavy atom. The second-order valence-electron chi connectivity index (χ2n) is 28.8. The molecule has 4 fully saturated rings. The summed E-state index contributed by atoms with van der Waals surface area (Å²) < 4.78 is 7.66. The summed E-state index contributed by atoms with van der Waals surface area (Å²) in [7, 11) is 0. The van der Waals surface area contributed by atoms with E-state index in [1.165, 1.54) is 153 Å². The van der Waals surface area contributed by atoms with Gasteiger partial charge in [-0.2, -0.15) is 0 Å². The van der Waals surface area contributed by atoms with Crippen LogP contribution in [0.15, 0.2) is 183 Å². The molecule has 0 N–H and O–H groups in total. The molecule has 1 unspecified atom stereocenters. The van der Waals surface area contributed by atoms with Gasteiger partial charge in [-0.05, 0) is 181 Å². The molecule has 0 saturated heterocycles. The van der Waals surface area contributed by atoms with Gasteiger partial charge in [-0.1, -0.05) is 251 Å². The summed E-state index contributed by atoms with van der Waals surface area (Å²) in [5, 5.41) is 2.32. The maximum atomic E-state index is 7.23. The molecule has 10 aromatic heterocycles. The van der Waals surface area contributed by atoms with Crippen LogP contribution in [-0.4, -0.2) is 53.2 Å². The van der Waals surface area contributed by atoms with Crippen LogP contribution in [0.4, 0.5) is 11.6 Å². The van der Waals surface area contributed by atoms with Gasteiger partial charge in [0.25, 0.3) is 12.1 Å². The molecule has 2 aromatic carbocycles. The SMILES string of the molecule is C.C.C.CC(c1c2ncccc2[c-]n1-c1ccccn1)C1(C)CCCC1.CC1(Cc2ccc3c(c[c-]n3-c3ccccn3)c2)CCC(c2ccccc2)CC1.CCC1(Cc2ccnc(-n3[c-]cc4ncccc43)c2)CCCC1.[C-]#[N+]c1n[c-]n(-c2cc(CC3(C)CCCC3)ccn2)c1[N+]#[C-].[Ir].[Pt].[Pt].[Rh]. The number of hydrogen-bond acceptors (Lipinski definition) is 7. The molecule has 10 heterocycles. The number of imidazole rings is 1. The zero-order valence-corrected chi connectivity index (χ0v) is 66.8. The summed E-state index contributed by atoms with van der Waals surface area (Å²) in [4.78, 5) is 37.4. The zero-order valence-electron chi connectivity index (χ0n) is 58.2. The Kier molecular flexibility index (Phi) is 32.1. The number of nitrogens with zero attached hydrogens (tertiary/aromatic N) is 13. The van der Waals surface area contributed by atoms with Crippen molar-refractivity contribution < 1.29 is 81.7 Å². The Morgan fingerprint density at radius 3 is 1.68 bits per heavy atom. The fraction of sp³-hybridized carbons (Fsp3) is 0.391. The van der Waals surface area contributed by atoms with Gasteiger partial charge in [0.2, 0.25) is 0 Å². The van der Waals surface area contributed by atoms with Crippen LogP contribution in [0.2, 0.25) is 0 Å². The minimum atomic E-state index is 0. The molecular weight excluding hydrogens is 1910 g/mol. The number of benzene rings is 2. The fourth-order valence-electron chi connectivity index (χ4n) is 16.2. The van der Waals surface area contributed by atoms with E-state index in [1.54, 1.807) is 6.20 Å². The molecule has 0 spiro atoms. The first kappa shape index (κ1) is 85.7. The van der Waals surface area contributed by atoms with Crippen LogP contribution in [0, 0.1) is 59.7 Å². The second-order valence-corrected chi connectivity index (χ2v) is 28.8. The predicted molar refractivity (Wildman–Crippen MR) is 408 cm³/mol. The van der Waals surface area contributed by atoms with Crippen molar-refractivity contribution in [3.8, 4) is 23.3 Å². The summed E-state index contributed by atoms with van der Waals surface area (Å²) in [6.07, 6.45) is 49.5. The molecule has 13 nitrogen and oxygen atoms in total. The first-order valence-electron chi connectivity index (χ1n) is 35.1. The molecule has 4 aliphatic rings. The van der Waals surface area contributed by atoms with Crippen LogP contribution in [-0.2, 0) is 101 Å². The van der Waals surface area contributed by atoms with Crippen molar-refractivity contribution in [3.63, 3.8) is 0 Å². The van der Waals surface area contributed by atoms with Crippen molar-refractivity contribution in [1.82, 2.24) is 53.2 Å². The number of fused-ring (bicyclic) bond motifs is 3. The molecule has 4 saturated carbocycles. The van der Waals surface area contributed by atoms with E-state index in [9.17, 15) is 0 Å². The molecule has 104 heavy (non-hydrogen) atoms. The van der Waals surface area contributed by atoms with Crippen LogP contribution in [0.3, 0.4) is 0 Å². The Hall–Kier alpha value is -7.20. The van der Waals surface area contributed by atoms with Crippen molar-refractivity contribution in [2.45, 2.75) is 197 Å². The predicted octanol–water partition coefficient (Wildman–Crippen LogP) is 22.6. The molecule has 0 aliphatic heterocycles. The van der Waals surface area contributed by atoms with Crippen molar-refractivity contribution in [3.05, 3.63) is 258 Å². The summed E-state index contributed by atoms with van der Waals surface area (Å²) >= 11 is 0. The largest absolute Gasteiger partial charge is 0.429 e. The number of rotatable bonds is 14. The van der Waals surface area contributed by atoms with Gasteiger partial charge in [0, 0.05) is 119 Å². The summed E-state index contributed by atoms with van der Waals surface area (Å²) in [6.45, 7) is 26.2. The van der Waals surface area contributed by atoms with E-state index in [-0.39, 0.29) is 116 Å². The van der Waals surface area contributed by atoms with Gasteiger partial charge in [0.05, 0.1) is 17.5 Å². The standard InChI is InChI=1S/C27H27N2.2C20H22N3.C17H16N5.3CH4.Ir.2Pt.Rh/c1-27(15-12-23(13-16-27)22-7-3-2-4-8-22)20-21-10-11-25-24(19-21)14-18-29(25)26-9-5-6-17-28-26;1-15(20(2)10-4-5-11-20)19-18-16(8-7-13-22-18)14-23(19)17-9-3-6-12-21-17;1-2-20(9-3-4-10-20)15-16-7-12-22-19(14-16)23-13-8-17-18(23)6-5-11-21-17;1-17(7-4-5-8-17)11-13-6-9-20-14(10-13)22-12-21-15(18-2)16(22)19-3;;;;;;;/h2-11,14,17,19,23H,12-13,15-16,20H2,1H3;3,6-9,12-13,15H,4-5,10-11H2,1-2H3;5-8,11-12,14H,2-4,9-10,15H2,1H3;6,9-10H,4-5,7-8,11H2,1H3;3*1H4;;;;/q4*-1;;;;;;;. The van der Waals surface area contributed by atoms with Crippen LogP contribution >= 0.6 is 0 Å². The monoisotopic (exact) mass is 2010 g/mol. The molecule has 12 aromatic rings.